The number of benzene rings is 1. The van der Waals surface area contributed by atoms with E-state index in [0.717, 1.165) is 18.4 Å². The number of carbonyl (C=O) groups excluding carboxylic acids is 3. The Morgan fingerprint density at radius 1 is 1.28 bits per heavy atom. The molecular formula is C16H17NO7S. The van der Waals surface area contributed by atoms with Crippen molar-refractivity contribution in [1.29, 1.82) is 0 Å². The van der Waals surface area contributed by atoms with Crippen LogP contribution in [0.5, 0.6) is 0 Å². The van der Waals surface area contributed by atoms with Crippen LogP contribution in [0.2, 0.25) is 0 Å². The van der Waals surface area contributed by atoms with E-state index in [-0.39, 0.29) is 6.42 Å². The molecule has 25 heavy (non-hydrogen) atoms. The van der Waals surface area contributed by atoms with Crippen molar-refractivity contribution in [3.8, 4) is 0 Å². The molecule has 0 saturated heterocycles. The lowest BCUT2D eigenvalue weighted by Crippen LogP contribution is -2.44. The van der Waals surface area contributed by atoms with Crippen molar-refractivity contribution in [2.75, 3.05) is 6.26 Å². The summed E-state index contributed by atoms with van der Waals surface area (Å²) in [6.45, 7) is 3.20. The Hall–Kier alpha value is -2.42. The number of rotatable bonds is 4. The molecule has 2 rings (SSSR count). The normalized spacial score (nSPS) is 20.4. The second-order valence-corrected chi connectivity index (χ2v) is 8.68. The van der Waals surface area contributed by atoms with E-state index in [0.29, 0.717) is 6.42 Å². The number of sulfone groups is 1. The minimum Gasteiger partial charge on any atom is -0.298 e. The molecule has 0 aromatic heterocycles. The molecular weight excluding hydrogens is 350 g/mol. The van der Waals surface area contributed by atoms with E-state index in [1.807, 2.05) is 0 Å². The van der Waals surface area contributed by atoms with E-state index in [2.05, 4.69) is 0 Å². The number of carbonyl (C=O) groups is 3. The van der Waals surface area contributed by atoms with E-state index < -0.39 is 59.6 Å². The van der Waals surface area contributed by atoms with Crippen LogP contribution < -0.4 is 0 Å². The van der Waals surface area contributed by atoms with E-state index >= 15 is 0 Å². The predicted octanol–water partition coefficient (Wildman–Crippen LogP) is 1.76. The minimum absolute atomic E-state index is 0.00864. The highest BCUT2D eigenvalue weighted by Crippen LogP contribution is 2.37. The Balaban J connectivity index is 2.66. The second-order valence-electron chi connectivity index (χ2n) is 6.69. The summed E-state index contributed by atoms with van der Waals surface area (Å²) in [6.07, 6.45) is 1.08. The van der Waals surface area contributed by atoms with Crippen LogP contribution in [-0.4, -0.2) is 36.9 Å². The fraction of sp³-hybridized carbons (Fsp3) is 0.438. The zero-order chi connectivity index (χ0) is 19.2. The number of nitro groups is 1. The lowest BCUT2D eigenvalue weighted by molar-refractivity contribution is -0.388. The van der Waals surface area contributed by atoms with Crippen LogP contribution in [0.3, 0.4) is 0 Å². The van der Waals surface area contributed by atoms with Gasteiger partial charge in [-0.3, -0.25) is 24.5 Å². The highest BCUT2D eigenvalue weighted by Gasteiger charge is 2.47. The molecule has 0 radical (unpaired) electrons. The van der Waals surface area contributed by atoms with Gasteiger partial charge in [0.15, 0.2) is 27.2 Å². The van der Waals surface area contributed by atoms with Crippen molar-refractivity contribution in [1.82, 2.24) is 0 Å². The molecule has 0 amide bonds. The van der Waals surface area contributed by atoms with Crippen molar-refractivity contribution >= 4 is 32.9 Å². The molecule has 0 heterocycles. The first-order chi connectivity index (χ1) is 11.4. The third-order valence-corrected chi connectivity index (χ3v) is 5.48. The van der Waals surface area contributed by atoms with Crippen molar-refractivity contribution in [2.24, 2.45) is 11.3 Å². The fourth-order valence-corrected chi connectivity index (χ4v) is 3.73. The van der Waals surface area contributed by atoms with Crippen molar-refractivity contribution in [3.05, 3.63) is 33.9 Å². The highest BCUT2D eigenvalue weighted by molar-refractivity contribution is 7.90. The average Bonchev–Trinajstić information content (AvgIpc) is 2.50. The molecule has 1 saturated carbocycles. The minimum atomic E-state index is -3.98. The summed E-state index contributed by atoms with van der Waals surface area (Å²) in [5.74, 6) is -3.88. The van der Waals surface area contributed by atoms with Gasteiger partial charge >= 0.3 is 0 Å². The molecule has 1 aromatic rings. The van der Waals surface area contributed by atoms with Gasteiger partial charge in [0.1, 0.15) is 10.8 Å². The summed E-state index contributed by atoms with van der Waals surface area (Å²) in [4.78, 5) is 47.2. The van der Waals surface area contributed by atoms with E-state index in [4.69, 9.17) is 0 Å². The molecule has 9 heteroatoms. The molecule has 1 aromatic carbocycles. The summed E-state index contributed by atoms with van der Waals surface area (Å²) in [5, 5.41) is 11.4. The van der Waals surface area contributed by atoms with Gasteiger partial charge in [-0.25, -0.2) is 8.42 Å². The monoisotopic (exact) mass is 367 g/mol. The molecule has 0 aliphatic heterocycles. The maximum Gasteiger partial charge on any atom is 0.298 e. The number of nitrogens with zero attached hydrogens (tertiary/aromatic N) is 1. The SMILES string of the molecule is CC1(C)CCC(=O)C(C(=O)c2cccc(S(C)(=O)=O)c2[N+](=O)[O-])C1=O. The Morgan fingerprint density at radius 2 is 1.88 bits per heavy atom. The van der Waals surface area contributed by atoms with Crippen molar-refractivity contribution in [2.45, 2.75) is 31.6 Å². The first-order valence-electron chi connectivity index (χ1n) is 7.46. The molecule has 1 fully saturated rings. The summed E-state index contributed by atoms with van der Waals surface area (Å²) < 4.78 is 23.6. The van der Waals surface area contributed by atoms with Crippen LogP contribution in [0.4, 0.5) is 5.69 Å². The summed E-state index contributed by atoms with van der Waals surface area (Å²) in [7, 11) is -3.98. The maximum atomic E-state index is 12.8. The van der Waals surface area contributed by atoms with Gasteiger partial charge in [0.25, 0.3) is 5.69 Å². The Labute approximate surface area is 144 Å². The van der Waals surface area contributed by atoms with E-state index in [1.54, 1.807) is 13.8 Å². The van der Waals surface area contributed by atoms with E-state index in [1.165, 1.54) is 6.07 Å². The van der Waals surface area contributed by atoms with Gasteiger partial charge in [-0.05, 0) is 18.6 Å². The molecule has 134 valence electrons. The second kappa shape index (κ2) is 6.14. The first kappa shape index (κ1) is 18.9. The molecule has 1 atom stereocenters. The van der Waals surface area contributed by atoms with Gasteiger partial charge in [-0.15, -0.1) is 0 Å². The highest BCUT2D eigenvalue weighted by atomic mass is 32.2. The number of Topliss-reactive ketones (excluding diaryl/α,β-unsaturated/α-hetero) is 3. The van der Waals surface area contributed by atoms with Crippen molar-refractivity contribution < 1.29 is 27.7 Å². The first-order valence-corrected chi connectivity index (χ1v) is 9.36. The van der Waals surface area contributed by atoms with Gasteiger partial charge in [0.2, 0.25) is 0 Å². The smallest absolute Gasteiger partial charge is 0.298 e. The third-order valence-electron chi connectivity index (χ3n) is 4.36. The van der Waals surface area contributed by atoms with Gasteiger partial charge in [0.05, 0.1) is 10.5 Å². The summed E-state index contributed by atoms with van der Waals surface area (Å²) in [5.41, 5.74) is -2.35. The predicted molar refractivity (Wildman–Crippen MR) is 87.1 cm³/mol. The topological polar surface area (TPSA) is 128 Å². The van der Waals surface area contributed by atoms with Gasteiger partial charge in [-0.2, -0.15) is 0 Å². The molecule has 1 unspecified atom stereocenters. The zero-order valence-corrected chi connectivity index (χ0v) is 14.8. The molecule has 1 aliphatic rings. The molecule has 1 aliphatic carbocycles. The van der Waals surface area contributed by atoms with Crippen LogP contribution in [0.25, 0.3) is 0 Å². The lowest BCUT2D eigenvalue weighted by Gasteiger charge is -2.31. The number of hydrogen-bond acceptors (Lipinski definition) is 7. The maximum absolute atomic E-state index is 12.8. The van der Waals surface area contributed by atoms with E-state index in [9.17, 15) is 32.9 Å². The fourth-order valence-electron chi connectivity index (χ4n) is 2.87. The van der Waals surface area contributed by atoms with Crippen molar-refractivity contribution in [3.63, 3.8) is 0 Å². The Kier molecular flexibility index (Phi) is 4.65. The molecule has 0 N–H and O–H groups in total. The van der Waals surface area contributed by atoms with Gasteiger partial charge < -0.3 is 0 Å². The number of nitro benzene ring substituents is 1. The number of para-hydroxylation sites is 1. The van der Waals surface area contributed by atoms with Crippen LogP contribution in [0, 0.1) is 21.4 Å². The zero-order valence-electron chi connectivity index (χ0n) is 13.9. The van der Waals surface area contributed by atoms with Gasteiger partial charge in [-0.1, -0.05) is 19.9 Å². The quantitative estimate of drug-likeness (QED) is 0.343. The Morgan fingerprint density at radius 3 is 2.40 bits per heavy atom. The van der Waals surface area contributed by atoms with Crippen LogP contribution in [0.15, 0.2) is 23.1 Å². The molecule has 8 nitrogen and oxygen atoms in total. The van der Waals surface area contributed by atoms with Crippen LogP contribution >= 0.6 is 0 Å². The lowest BCUT2D eigenvalue weighted by atomic mass is 9.68. The molecule has 0 bridgehead atoms. The third kappa shape index (κ3) is 3.37. The standard InChI is InChI=1S/C16H17NO7S/c1-16(2)8-7-10(18)12(15(16)20)14(19)9-5-4-6-11(25(3,23)24)13(9)17(21)22/h4-6,12H,7-8H2,1-3H3. The largest absolute Gasteiger partial charge is 0.298 e. The number of ketones is 3. The summed E-state index contributed by atoms with van der Waals surface area (Å²) in [6, 6.07) is 3.26. The number of hydrogen-bond donors (Lipinski definition) is 0. The van der Waals surface area contributed by atoms with Crippen LogP contribution in [0.1, 0.15) is 37.0 Å². The summed E-state index contributed by atoms with van der Waals surface area (Å²) >= 11 is 0. The molecule has 0 spiro atoms. The average molecular weight is 367 g/mol. The van der Waals surface area contributed by atoms with Crippen LogP contribution in [-0.2, 0) is 19.4 Å². The van der Waals surface area contributed by atoms with Gasteiger partial charge in [0, 0.05) is 18.1 Å². The Bertz CT molecular complexity index is 899.